The van der Waals surface area contributed by atoms with Crippen LogP contribution in [0.3, 0.4) is 0 Å². The lowest BCUT2D eigenvalue weighted by Crippen LogP contribution is -2.23. The topological polar surface area (TPSA) is 97.5 Å². The van der Waals surface area contributed by atoms with Crippen molar-refractivity contribution in [1.29, 1.82) is 0 Å². The molecule has 1 aromatic heterocycles. The second-order valence-corrected chi connectivity index (χ2v) is 6.49. The molecule has 0 radical (unpaired) electrons. The Kier molecular flexibility index (Phi) is 5.62. The van der Waals surface area contributed by atoms with Crippen molar-refractivity contribution < 1.29 is 14.3 Å². The minimum atomic E-state index is -0.153. The minimum Gasteiger partial charge on any atom is -0.492 e. The molecule has 1 fully saturated rings. The number of nitrogens with zero attached hydrogens (tertiary/aromatic N) is 2. The van der Waals surface area contributed by atoms with E-state index in [2.05, 4.69) is 10.3 Å². The van der Waals surface area contributed by atoms with Crippen LogP contribution in [0, 0.1) is 0 Å². The highest BCUT2D eigenvalue weighted by molar-refractivity contribution is 7.14. The van der Waals surface area contributed by atoms with E-state index in [0.29, 0.717) is 48.4 Å². The fourth-order valence-corrected chi connectivity index (χ4v) is 3.40. The highest BCUT2D eigenvalue weighted by Gasteiger charge is 2.24. The van der Waals surface area contributed by atoms with Gasteiger partial charge in [-0.3, -0.25) is 14.5 Å². The van der Waals surface area contributed by atoms with Crippen molar-refractivity contribution in [3.05, 3.63) is 35.3 Å². The van der Waals surface area contributed by atoms with E-state index < -0.39 is 0 Å². The Labute approximate surface area is 149 Å². The Morgan fingerprint density at radius 2 is 2.16 bits per heavy atom. The minimum absolute atomic E-state index is 0.0993. The van der Waals surface area contributed by atoms with Gasteiger partial charge in [-0.2, -0.15) is 0 Å². The number of carbonyl (C=O) groups is 2. The zero-order valence-corrected chi connectivity index (χ0v) is 14.6. The van der Waals surface area contributed by atoms with Crippen LogP contribution >= 0.6 is 11.3 Å². The molecule has 0 aliphatic carbocycles. The van der Waals surface area contributed by atoms with Gasteiger partial charge in [-0.15, -0.1) is 11.3 Å². The summed E-state index contributed by atoms with van der Waals surface area (Å²) in [7, 11) is 0. The van der Waals surface area contributed by atoms with Crippen molar-refractivity contribution in [3.8, 4) is 5.75 Å². The van der Waals surface area contributed by atoms with E-state index in [1.807, 2.05) is 5.38 Å². The maximum atomic E-state index is 12.2. The average molecular weight is 360 g/mol. The first kappa shape index (κ1) is 17.4. The van der Waals surface area contributed by atoms with Crippen LogP contribution in [0.2, 0.25) is 0 Å². The highest BCUT2D eigenvalue weighted by atomic mass is 32.1. The Morgan fingerprint density at radius 1 is 1.36 bits per heavy atom. The van der Waals surface area contributed by atoms with E-state index >= 15 is 0 Å². The van der Waals surface area contributed by atoms with Crippen molar-refractivity contribution >= 4 is 34.0 Å². The number of ether oxygens (including phenoxy) is 1. The predicted octanol–water partition coefficient (Wildman–Crippen LogP) is 1.79. The number of nitrogens with two attached hydrogens (primary N) is 1. The van der Waals surface area contributed by atoms with Gasteiger partial charge in [0.2, 0.25) is 11.8 Å². The second-order valence-electron chi connectivity index (χ2n) is 5.66. The summed E-state index contributed by atoms with van der Waals surface area (Å²) in [4.78, 5) is 30.0. The molecular formula is C17H20N4O3S. The third kappa shape index (κ3) is 4.55. The predicted molar refractivity (Wildman–Crippen MR) is 97.0 cm³/mol. The van der Waals surface area contributed by atoms with Crippen LogP contribution in [0.4, 0.5) is 10.8 Å². The van der Waals surface area contributed by atoms with Crippen LogP contribution in [-0.4, -0.2) is 36.5 Å². The second kappa shape index (κ2) is 8.09. The number of hydrogen-bond donors (Lipinski definition) is 2. The summed E-state index contributed by atoms with van der Waals surface area (Å²) in [6, 6.07) is 7.12. The molecular weight excluding hydrogens is 340 g/mol. The van der Waals surface area contributed by atoms with Gasteiger partial charge in [-0.05, 0) is 30.7 Å². The van der Waals surface area contributed by atoms with Crippen LogP contribution in [0.5, 0.6) is 5.75 Å². The average Bonchev–Trinajstić information content (AvgIpc) is 3.22. The zero-order chi connectivity index (χ0) is 17.6. The molecule has 1 aromatic carbocycles. The first-order chi connectivity index (χ1) is 12.2. The van der Waals surface area contributed by atoms with Crippen molar-refractivity contribution in [1.82, 2.24) is 4.98 Å². The maximum Gasteiger partial charge on any atom is 0.230 e. The zero-order valence-electron chi connectivity index (χ0n) is 13.7. The smallest absolute Gasteiger partial charge is 0.230 e. The van der Waals surface area contributed by atoms with Gasteiger partial charge in [0.25, 0.3) is 0 Å². The van der Waals surface area contributed by atoms with Gasteiger partial charge < -0.3 is 15.8 Å². The number of nitrogens with one attached hydrogen (secondary N) is 1. The number of amides is 2. The molecule has 0 unspecified atom stereocenters. The Bertz CT molecular complexity index is 745. The molecule has 25 heavy (non-hydrogen) atoms. The molecule has 3 N–H and O–H groups in total. The van der Waals surface area contributed by atoms with Gasteiger partial charge in [0.05, 0.1) is 12.1 Å². The first-order valence-electron chi connectivity index (χ1n) is 8.13. The summed E-state index contributed by atoms with van der Waals surface area (Å²) in [5.41, 5.74) is 6.74. The Balaban J connectivity index is 1.54. The molecule has 2 amide bonds. The third-order valence-corrected chi connectivity index (χ3v) is 4.62. The number of anilines is 2. The number of rotatable bonds is 7. The lowest BCUT2D eigenvalue weighted by Gasteiger charge is -2.10. The third-order valence-electron chi connectivity index (χ3n) is 3.71. The van der Waals surface area contributed by atoms with E-state index in [-0.39, 0.29) is 18.2 Å². The fourth-order valence-electron chi connectivity index (χ4n) is 2.53. The SMILES string of the molecule is NCCOc1ccc(NC(=O)Cc2csc(N3CCCC3=O)n2)cc1. The van der Waals surface area contributed by atoms with E-state index in [1.165, 1.54) is 11.3 Å². The molecule has 0 spiro atoms. The Hall–Kier alpha value is -2.45. The largest absolute Gasteiger partial charge is 0.492 e. The van der Waals surface area contributed by atoms with Gasteiger partial charge in [-0.25, -0.2) is 4.98 Å². The van der Waals surface area contributed by atoms with Crippen LogP contribution < -0.4 is 20.7 Å². The molecule has 0 saturated carbocycles. The number of aromatic nitrogens is 1. The quantitative estimate of drug-likeness (QED) is 0.784. The van der Waals surface area contributed by atoms with Gasteiger partial charge in [0, 0.05) is 30.6 Å². The molecule has 0 atom stereocenters. The van der Waals surface area contributed by atoms with Crippen LogP contribution in [0.15, 0.2) is 29.6 Å². The lowest BCUT2D eigenvalue weighted by molar-refractivity contribution is -0.117. The lowest BCUT2D eigenvalue weighted by atomic mass is 10.2. The molecule has 3 rings (SSSR count). The van der Waals surface area contributed by atoms with Gasteiger partial charge in [0.15, 0.2) is 5.13 Å². The van der Waals surface area contributed by atoms with E-state index in [0.717, 1.165) is 6.42 Å². The van der Waals surface area contributed by atoms with Gasteiger partial charge >= 0.3 is 0 Å². The van der Waals surface area contributed by atoms with Gasteiger partial charge in [-0.1, -0.05) is 0 Å². The summed E-state index contributed by atoms with van der Waals surface area (Å²) in [6.45, 7) is 1.62. The van der Waals surface area contributed by atoms with Gasteiger partial charge in [0.1, 0.15) is 12.4 Å². The molecule has 8 heteroatoms. The highest BCUT2D eigenvalue weighted by Crippen LogP contribution is 2.25. The van der Waals surface area contributed by atoms with E-state index in [1.54, 1.807) is 29.2 Å². The Morgan fingerprint density at radius 3 is 2.84 bits per heavy atom. The molecule has 1 aliphatic rings. The number of hydrogen-bond acceptors (Lipinski definition) is 6. The molecule has 2 aromatic rings. The first-order valence-corrected chi connectivity index (χ1v) is 9.01. The molecule has 1 aliphatic heterocycles. The summed E-state index contributed by atoms with van der Waals surface area (Å²) in [6.07, 6.45) is 1.60. The fraction of sp³-hybridized carbons (Fsp3) is 0.353. The molecule has 132 valence electrons. The normalized spacial score (nSPS) is 14.0. The summed E-state index contributed by atoms with van der Waals surface area (Å²) >= 11 is 1.40. The van der Waals surface area contributed by atoms with Crippen LogP contribution in [-0.2, 0) is 16.0 Å². The maximum absolute atomic E-state index is 12.2. The van der Waals surface area contributed by atoms with Crippen molar-refractivity contribution in [2.45, 2.75) is 19.3 Å². The number of benzene rings is 1. The van der Waals surface area contributed by atoms with Crippen LogP contribution in [0.25, 0.3) is 0 Å². The van der Waals surface area contributed by atoms with E-state index in [4.69, 9.17) is 10.5 Å². The monoisotopic (exact) mass is 360 g/mol. The van der Waals surface area contributed by atoms with Crippen LogP contribution in [0.1, 0.15) is 18.5 Å². The molecule has 2 heterocycles. The standard InChI is InChI=1S/C17H20N4O3S/c18-7-9-24-14-5-3-12(4-6-14)19-15(22)10-13-11-25-17(20-13)21-8-1-2-16(21)23/h3-6,11H,1-2,7-10,18H2,(H,19,22). The van der Waals surface area contributed by atoms with Crippen molar-refractivity contribution in [2.75, 3.05) is 29.9 Å². The van der Waals surface area contributed by atoms with Crippen molar-refractivity contribution in [2.24, 2.45) is 5.73 Å². The van der Waals surface area contributed by atoms with E-state index in [9.17, 15) is 9.59 Å². The molecule has 1 saturated heterocycles. The molecule has 7 nitrogen and oxygen atoms in total. The van der Waals surface area contributed by atoms with Crippen molar-refractivity contribution in [3.63, 3.8) is 0 Å². The number of thiazole rings is 1. The number of carbonyl (C=O) groups excluding carboxylic acids is 2. The summed E-state index contributed by atoms with van der Waals surface area (Å²) in [5, 5.41) is 5.32. The summed E-state index contributed by atoms with van der Waals surface area (Å²) in [5.74, 6) is 0.658. The summed E-state index contributed by atoms with van der Waals surface area (Å²) < 4.78 is 5.39. The molecule has 0 bridgehead atoms.